The Morgan fingerprint density at radius 3 is 2.37 bits per heavy atom. The Hall–Kier alpha value is -3.07. The van der Waals surface area contributed by atoms with E-state index in [2.05, 4.69) is 4.90 Å². The van der Waals surface area contributed by atoms with Crippen LogP contribution >= 0.6 is 11.6 Å². The molecule has 0 radical (unpaired) electrons. The molecule has 35 heavy (non-hydrogen) atoms. The molecule has 0 aliphatic carbocycles. The van der Waals surface area contributed by atoms with Gasteiger partial charge >= 0.3 is 0 Å². The van der Waals surface area contributed by atoms with E-state index in [1.807, 2.05) is 0 Å². The van der Waals surface area contributed by atoms with Gasteiger partial charge in [-0.1, -0.05) is 17.7 Å². The number of rotatable bonds is 8. The van der Waals surface area contributed by atoms with Crippen LogP contribution < -0.4 is 9.47 Å². The Bertz CT molecular complexity index is 1110. The molecule has 2 aliphatic heterocycles. The van der Waals surface area contributed by atoms with Crippen molar-refractivity contribution in [3.8, 4) is 11.5 Å². The summed E-state index contributed by atoms with van der Waals surface area (Å²) < 4.78 is 16.2. The summed E-state index contributed by atoms with van der Waals surface area (Å²) in [7, 11) is 3.06. The van der Waals surface area contributed by atoms with E-state index in [1.165, 1.54) is 19.1 Å². The highest BCUT2D eigenvalue weighted by atomic mass is 35.5. The average Bonchev–Trinajstić information content (AvgIpc) is 3.14. The SMILES string of the molecule is COc1ccc([C@H]2/C(=C(\O)c3ccc(Cl)cc3)C(=O)C(=O)N2CCCN2CCOCC2)cc1OC. The Morgan fingerprint density at radius 2 is 1.71 bits per heavy atom. The number of ether oxygens (including phenoxy) is 3. The molecule has 0 bridgehead atoms. The van der Waals surface area contributed by atoms with Crippen LogP contribution in [0.2, 0.25) is 5.02 Å². The zero-order chi connectivity index (χ0) is 24.9. The molecule has 2 saturated heterocycles. The summed E-state index contributed by atoms with van der Waals surface area (Å²) in [6.07, 6.45) is 0.678. The minimum absolute atomic E-state index is 0.0379. The lowest BCUT2D eigenvalue weighted by Crippen LogP contribution is -2.38. The fourth-order valence-corrected chi connectivity index (χ4v) is 4.66. The third-order valence-electron chi connectivity index (χ3n) is 6.36. The van der Waals surface area contributed by atoms with Gasteiger partial charge in [-0.05, 0) is 48.4 Å². The van der Waals surface area contributed by atoms with Gasteiger partial charge in [0.25, 0.3) is 11.7 Å². The number of halogens is 1. The molecule has 2 fully saturated rings. The second kappa shape index (κ2) is 11.1. The predicted octanol–water partition coefficient (Wildman–Crippen LogP) is 3.50. The summed E-state index contributed by atoms with van der Waals surface area (Å²) in [6.45, 7) is 4.21. The van der Waals surface area contributed by atoms with E-state index in [4.69, 9.17) is 25.8 Å². The number of hydrogen-bond donors (Lipinski definition) is 1. The molecule has 0 spiro atoms. The van der Waals surface area contributed by atoms with Crippen molar-refractivity contribution in [1.82, 2.24) is 9.80 Å². The number of methoxy groups -OCH3 is 2. The molecular weight excluding hydrogens is 472 g/mol. The number of morpholine rings is 1. The number of Topliss-reactive ketones (excluding diaryl/α,β-unsaturated/α-hetero) is 1. The molecule has 0 aromatic heterocycles. The van der Waals surface area contributed by atoms with Gasteiger partial charge in [-0.3, -0.25) is 14.5 Å². The summed E-state index contributed by atoms with van der Waals surface area (Å²) in [5.41, 5.74) is 1.09. The van der Waals surface area contributed by atoms with Gasteiger partial charge < -0.3 is 24.2 Å². The summed E-state index contributed by atoms with van der Waals surface area (Å²) >= 11 is 5.99. The van der Waals surface area contributed by atoms with Crippen molar-refractivity contribution in [1.29, 1.82) is 0 Å². The number of amides is 1. The Kier molecular flexibility index (Phi) is 7.95. The van der Waals surface area contributed by atoms with Crippen LogP contribution in [0, 0.1) is 0 Å². The fraction of sp³-hybridized carbons (Fsp3) is 0.385. The second-order valence-corrected chi connectivity index (χ2v) is 8.86. The molecule has 2 heterocycles. The molecule has 0 saturated carbocycles. The third-order valence-corrected chi connectivity index (χ3v) is 6.61. The first-order chi connectivity index (χ1) is 16.9. The van der Waals surface area contributed by atoms with Crippen molar-refractivity contribution < 1.29 is 28.9 Å². The van der Waals surface area contributed by atoms with Gasteiger partial charge in [0.05, 0.1) is 39.0 Å². The fourth-order valence-electron chi connectivity index (χ4n) is 4.53. The van der Waals surface area contributed by atoms with Crippen molar-refractivity contribution in [3.05, 3.63) is 64.2 Å². The van der Waals surface area contributed by atoms with Gasteiger partial charge in [0, 0.05) is 36.8 Å². The molecule has 2 aliphatic rings. The number of benzene rings is 2. The lowest BCUT2D eigenvalue weighted by molar-refractivity contribution is -0.140. The molecule has 1 N–H and O–H groups in total. The van der Waals surface area contributed by atoms with E-state index in [0.717, 1.165) is 19.6 Å². The normalized spacial score (nSPS) is 20.3. The van der Waals surface area contributed by atoms with E-state index in [0.29, 0.717) is 53.8 Å². The van der Waals surface area contributed by atoms with Crippen LogP contribution in [-0.4, -0.2) is 80.2 Å². The van der Waals surface area contributed by atoms with Gasteiger partial charge in [-0.25, -0.2) is 0 Å². The number of ketones is 1. The number of likely N-dealkylation sites (tertiary alicyclic amines) is 1. The van der Waals surface area contributed by atoms with Crippen LogP contribution in [0.25, 0.3) is 5.76 Å². The minimum atomic E-state index is -0.768. The zero-order valence-corrected chi connectivity index (χ0v) is 20.6. The van der Waals surface area contributed by atoms with Crippen LogP contribution in [0.3, 0.4) is 0 Å². The Labute approximate surface area is 209 Å². The van der Waals surface area contributed by atoms with Gasteiger partial charge in [-0.15, -0.1) is 0 Å². The molecule has 1 atom stereocenters. The average molecular weight is 501 g/mol. The van der Waals surface area contributed by atoms with Gasteiger partial charge in [-0.2, -0.15) is 0 Å². The first kappa shape index (κ1) is 25.0. The first-order valence-electron chi connectivity index (χ1n) is 11.5. The van der Waals surface area contributed by atoms with Crippen LogP contribution in [0.15, 0.2) is 48.0 Å². The van der Waals surface area contributed by atoms with Gasteiger partial charge in [0.15, 0.2) is 11.5 Å². The number of aliphatic hydroxyl groups is 1. The Morgan fingerprint density at radius 1 is 1.03 bits per heavy atom. The minimum Gasteiger partial charge on any atom is -0.507 e. The number of hydrogen-bond acceptors (Lipinski definition) is 7. The highest BCUT2D eigenvalue weighted by Crippen LogP contribution is 2.42. The maximum Gasteiger partial charge on any atom is 0.295 e. The zero-order valence-electron chi connectivity index (χ0n) is 19.8. The number of nitrogens with zero attached hydrogens (tertiary/aromatic N) is 2. The predicted molar refractivity (Wildman–Crippen MR) is 132 cm³/mol. The molecule has 186 valence electrons. The smallest absolute Gasteiger partial charge is 0.295 e. The third kappa shape index (κ3) is 5.29. The first-order valence-corrected chi connectivity index (χ1v) is 11.9. The molecule has 1 amide bonds. The lowest BCUT2D eigenvalue weighted by atomic mass is 9.95. The molecule has 2 aromatic carbocycles. The highest BCUT2D eigenvalue weighted by molar-refractivity contribution is 6.46. The van der Waals surface area contributed by atoms with E-state index in [9.17, 15) is 14.7 Å². The van der Waals surface area contributed by atoms with Crippen LogP contribution in [0.1, 0.15) is 23.6 Å². The molecule has 4 rings (SSSR count). The van der Waals surface area contributed by atoms with E-state index in [-0.39, 0.29) is 11.3 Å². The van der Waals surface area contributed by atoms with Crippen molar-refractivity contribution in [2.75, 3.05) is 53.6 Å². The lowest BCUT2D eigenvalue weighted by Gasteiger charge is -2.29. The van der Waals surface area contributed by atoms with Crippen LogP contribution in [-0.2, 0) is 14.3 Å². The van der Waals surface area contributed by atoms with Crippen molar-refractivity contribution in [3.63, 3.8) is 0 Å². The number of aliphatic hydroxyl groups excluding tert-OH is 1. The van der Waals surface area contributed by atoms with Crippen LogP contribution in [0.4, 0.5) is 0 Å². The Balaban J connectivity index is 1.71. The highest BCUT2D eigenvalue weighted by Gasteiger charge is 2.46. The monoisotopic (exact) mass is 500 g/mol. The van der Waals surface area contributed by atoms with Crippen molar-refractivity contribution >= 4 is 29.1 Å². The summed E-state index contributed by atoms with van der Waals surface area (Å²) in [6, 6.07) is 11.0. The summed E-state index contributed by atoms with van der Waals surface area (Å²) in [5.74, 6) is -0.602. The second-order valence-electron chi connectivity index (χ2n) is 8.42. The van der Waals surface area contributed by atoms with E-state index >= 15 is 0 Å². The molecular formula is C26H29ClN2O6. The van der Waals surface area contributed by atoms with Crippen LogP contribution in [0.5, 0.6) is 11.5 Å². The summed E-state index contributed by atoms with van der Waals surface area (Å²) in [5, 5.41) is 11.7. The topological polar surface area (TPSA) is 88.5 Å². The number of carbonyl (C=O) groups is 2. The standard InChI is InChI=1S/C26H29ClN2O6/c1-33-20-9-6-18(16-21(20)34-2)23-22(24(30)17-4-7-19(27)8-5-17)25(31)26(32)29(23)11-3-10-28-12-14-35-15-13-28/h4-9,16,23,30H,3,10-15H2,1-2H3/b24-22+/t23-/m0/s1. The van der Waals surface area contributed by atoms with Gasteiger partial charge in [0.1, 0.15) is 5.76 Å². The van der Waals surface area contributed by atoms with Crippen molar-refractivity contribution in [2.45, 2.75) is 12.5 Å². The maximum absolute atomic E-state index is 13.2. The molecule has 8 nitrogen and oxygen atoms in total. The van der Waals surface area contributed by atoms with Gasteiger partial charge in [0.2, 0.25) is 0 Å². The summed E-state index contributed by atoms with van der Waals surface area (Å²) in [4.78, 5) is 30.2. The maximum atomic E-state index is 13.2. The quantitative estimate of drug-likeness (QED) is 0.337. The van der Waals surface area contributed by atoms with Crippen molar-refractivity contribution in [2.24, 2.45) is 0 Å². The molecule has 2 aromatic rings. The van der Waals surface area contributed by atoms with E-state index in [1.54, 1.807) is 42.5 Å². The molecule has 0 unspecified atom stereocenters. The number of carbonyl (C=O) groups excluding carboxylic acids is 2. The largest absolute Gasteiger partial charge is 0.507 e. The molecule has 9 heteroatoms. The van der Waals surface area contributed by atoms with E-state index < -0.39 is 17.7 Å².